The van der Waals surface area contributed by atoms with E-state index in [0.717, 1.165) is 12.1 Å². The van der Waals surface area contributed by atoms with Crippen LogP contribution in [0.4, 0.5) is 8.78 Å². The summed E-state index contributed by atoms with van der Waals surface area (Å²) in [6.45, 7) is 1.96. The maximum atomic E-state index is 13.5. The van der Waals surface area contributed by atoms with E-state index >= 15 is 0 Å². The Labute approximate surface area is 122 Å². The third-order valence-corrected chi connectivity index (χ3v) is 3.98. The van der Waals surface area contributed by atoms with Gasteiger partial charge in [-0.1, -0.05) is 6.07 Å². The lowest BCUT2D eigenvalue weighted by atomic mass is 9.90. The smallest absolute Gasteiger partial charge is 0.222 e. The summed E-state index contributed by atoms with van der Waals surface area (Å²) in [6, 6.07) is 3.28. The van der Waals surface area contributed by atoms with Crippen LogP contribution >= 0.6 is 0 Å². The molecular weight excluding hydrogens is 280 g/mol. The fourth-order valence-electron chi connectivity index (χ4n) is 2.38. The van der Waals surface area contributed by atoms with E-state index in [-0.39, 0.29) is 30.9 Å². The first-order valence-corrected chi connectivity index (χ1v) is 6.92. The second-order valence-electron chi connectivity index (χ2n) is 5.70. The first-order chi connectivity index (χ1) is 9.79. The zero-order chi connectivity index (χ0) is 15.6. The lowest BCUT2D eigenvalue weighted by Crippen LogP contribution is -2.55. The highest BCUT2D eigenvalue weighted by molar-refractivity contribution is 5.76. The quantitative estimate of drug-likeness (QED) is 0.883. The number of piperidine rings is 1. The Balaban J connectivity index is 1.90. The van der Waals surface area contributed by atoms with E-state index in [1.54, 1.807) is 0 Å². The van der Waals surface area contributed by atoms with Crippen molar-refractivity contribution in [3.63, 3.8) is 0 Å². The number of halogens is 2. The number of β-amino-alcohol motifs (C(OH)–C–C–N with tert-alkyl or cyclic N) is 1. The predicted octanol–water partition coefficient (Wildman–Crippen LogP) is 1.24. The lowest BCUT2D eigenvalue weighted by molar-refractivity contribution is -0.146. The number of likely N-dealkylation sites (tertiary alicyclic amines) is 1. The molecule has 6 heteroatoms. The Morgan fingerprint density at radius 1 is 1.48 bits per heavy atom. The van der Waals surface area contributed by atoms with Crippen LogP contribution in [0, 0.1) is 11.6 Å². The average Bonchev–Trinajstić information content (AvgIpc) is 2.40. The van der Waals surface area contributed by atoms with Gasteiger partial charge < -0.3 is 15.1 Å². The van der Waals surface area contributed by atoms with Gasteiger partial charge in [-0.05, 0) is 31.4 Å². The monoisotopic (exact) mass is 299 g/mol. The van der Waals surface area contributed by atoms with Crippen molar-refractivity contribution in [1.82, 2.24) is 4.90 Å². The number of benzene rings is 1. The van der Waals surface area contributed by atoms with E-state index < -0.39 is 23.3 Å². The van der Waals surface area contributed by atoms with Gasteiger partial charge in [0.2, 0.25) is 5.91 Å². The van der Waals surface area contributed by atoms with E-state index in [1.807, 2.05) is 0 Å². The number of hydrogen-bond donors (Lipinski definition) is 2. The van der Waals surface area contributed by atoms with E-state index in [2.05, 4.69) is 0 Å². The van der Waals surface area contributed by atoms with E-state index in [1.165, 1.54) is 17.9 Å². The fourth-order valence-corrected chi connectivity index (χ4v) is 2.38. The fraction of sp³-hybridized carbons (Fsp3) is 0.533. The molecule has 0 radical (unpaired) electrons. The van der Waals surface area contributed by atoms with Gasteiger partial charge in [0.25, 0.3) is 0 Å². The standard InChI is InChI=1S/C15H19F2NO3/c1-15(21)6-7-18(9-13(15)19)14(20)5-3-10-2-4-11(16)8-12(10)17/h2,4,8,13,19,21H,3,5-7,9H2,1H3/t13-,15+/m0/s1. The molecule has 2 N–H and O–H groups in total. The second kappa shape index (κ2) is 6.07. The highest BCUT2D eigenvalue weighted by Crippen LogP contribution is 2.22. The van der Waals surface area contributed by atoms with Gasteiger partial charge in [0.1, 0.15) is 11.6 Å². The van der Waals surface area contributed by atoms with Crippen LogP contribution in [0.15, 0.2) is 18.2 Å². The lowest BCUT2D eigenvalue weighted by Gasteiger charge is -2.40. The SMILES string of the molecule is C[C@@]1(O)CCN(C(=O)CCc2ccc(F)cc2F)C[C@@H]1O. The van der Waals surface area contributed by atoms with Crippen LogP contribution in [-0.4, -0.2) is 45.8 Å². The highest BCUT2D eigenvalue weighted by Gasteiger charge is 2.37. The van der Waals surface area contributed by atoms with Gasteiger partial charge in [-0.2, -0.15) is 0 Å². The molecule has 116 valence electrons. The molecule has 2 atom stereocenters. The van der Waals surface area contributed by atoms with Gasteiger partial charge in [0.05, 0.1) is 11.7 Å². The molecule has 1 aliphatic rings. The molecule has 1 amide bonds. The number of rotatable bonds is 3. The first kappa shape index (κ1) is 15.9. The molecular formula is C15H19F2NO3. The number of amides is 1. The summed E-state index contributed by atoms with van der Waals surface area (Å²) in [6.07, 6.45) is -0.436. The summed E-state index contributed by atoms with van der Waals surface area (Å²) < 4.78 is 26.3. The van der Waals surface area contributed by atoms with Crippen molar-refractivity contribution in [2.45, 2.75) is 37.9 Å². The second-order valence-corrected chi connectivity index (χ2v) is 5.70. The molecule has 1 heterocycles. The summed E-state index contributed by atoms with van der Waals surface area (Å²) in [7, 11) is 0. The minimum atomic E-state index is -1.18. The zero-order valence-corrected chi connectivity index (χ0v) is 11.9. The van der Waals surface area contributed by atoms with Crippen molar-refractivity contribution >= 4 is 5.91 Å². The first-order valence-electron chi connectivity index (χ1n) is 6.92. The van der Waals surface area contributed by atoms with E-state index in [0.29, 0.717) is 13.0 Å². The summed E-state index contributed by atoms with van der Waals surface area (Å²) in [4.78, 5) is 13.5. The van der Waals surface area contributed by atoms with Crippen molar-refractivity contribution in [3.05, 3.63) is 35.4 Å². The molecule has 1 aromatic carbocycles. The van der Waals surface area contributed by atoms with Crippen molar-refractivity contribution in [3.8, 4) is 0 Å². The van der Waals surface area contributed by atoms with Gasteiger partial charge in [0, 0.05) is 25.6 Å². The summed E-state index contributed by atoms with van der Waals surface area (Å²) in [5.74, 6) is -1.53. The molecule has 1 aliphatic heterocycles. The van der Waals surface area contributed by atoms with E-state index in [4.69, 9.17) is 0 Å². The molecule has 2 rings (SSSR count). The summed E-state index contributed by atoms with van der Waals surface area (Å²) in [5, 5.41) is 19.6. The van der Waals surface area contributed by atoms with Gasteiger partial charge in [-0.3, -0.25) is 4.79 Å². The minimum Gasteiger partial charge on any atom is -0.388 e. The van der Waals surface area contributed by atoms with Crippen LogP contribution in [0.1, 0.15) is 25.3 Å². The molecule has 0 spiro atoms. The minimum absolute atomic E-state index is 0.0672. The number of hydrogen-bond acceptors (Lipinski definition) is 3. The predicted molar refractivity (Wildman–Crippen MR) is 72.5 cm³/mol. The number of aryl methyl sites for hydroxylation is 1. The molecule has 0 bridgehead atoms. The topological polar surface area (TPSA) is 60.8 Å². The van der Waals surface area contributed by atoms with Gasteiger partial charge >= 0.3 is 0 Å². The molecule has 21 heavy (non-hydrogen) atoms. The van der Waals surface area contributed by atoms with Crippen molar-refractivity contribution < 1.29 is 23.8 Å². The Morgan fingerprint density at radius 3 is 2.81 bits per heavy atom. The molecule has 0 aromatic heterocycles. The Morgan fingerprint density at radius 2 is 2.19 bits per heavy atom. The third-order valence-electron chi connectivity index (χ3n) is 3.98. The van der Waals surface area contributed by atoms with Crippen LogP contribution in [0.25, 0.3) is 0 Å². The summed E-state index contributed by atoms with van der Waals surface area (Å²) in [5.41, 5.74) is -0.894. The Hall–Kier alpha value is -1.53. The van der Waals surface area contributed by atoms with E-state index in [9.17, 15) is 23.8 Å². The number of nitrogens with zero attached hydrogens (tertiary/aromatic N) is 1. The van der Waals surface area contributed by atoms with Crippen LogP contribution in [0.5, 0.6) is 0 Å². The summed E-state index contributed by atoms with van der Waals surface area (Å²) >= 11 is 0. The van der Waals surface area contributed by atoms with Crippen molar-refractivity contribution in [2.75, 3.05) is 13.1 Å². The maximum absolute atomic E-state index is 13.5. The van der Waals surface area contributed by atoms with Crippen molar-refractivity contribution in [1.29, 1.82) is 0 Å². The third kappa shape index (κ3) is 3.77. The number of carbonyl (C=O) groups excluding carboxylic acids is 1. The number of aliphatic hydroxyl groups is 2. The van der Waals surface area contributed by atoms with Gasteiger partial charge in [-0.25, -0.2) is 8.78 Å². The van der Waals surface area contributed by atoms with Crippen molar-refractivity contribution in [2.24, 2.45) is 0 Å². The molecule has 1 saturated heterocycles. The van der Waals surface area contributed by atoms with Crippen LogP contribution in [-0.2, 0) is 11.2 Å². The van der Waals surface area contributed by atoms with Gasteiger partial charge in [0.15, 0.2) is 0 Å². The van der Waals surface area contributed by atoms with Crippen LogP contribution in [0.3, 0.4) is 0 Å². The zero-order valence-electron chi connectivity index (χ0n) is 11.9. The normalized spacial score (nSPS) is 26.0. The highest BCUT2D eigenvalue weighted by atomic mass is 19.1. The molecule has 1 aromatic rings. The largest absolute Gasteiger partial charge is 0.388 e. The maximum Gasteiger partial charge on any atom is 0.222 e. The van der Waals surface area contributed by atoms with Crippen LogP contribution in [0.2, 0.25) is 0 Å². The molecule has 1 fully saturated rings. The average molecular weight is 299 g/mol. The number of carbonyl (C=O) groups is 1. The Kier molecular flexibility index (Phi) is 4.58. The van der Waals surface area contributed by atoms with Crippen LogP contribution < -0.4 is 0 Å². The van der Waals surface area contributed by atoms with Gasteiger partial charge in [-0.15, -0.1) is 0 Å². The Bertz CT molecular complexity index is 534. The number of aliphatic hydroxyl groups excluding tert-OH is 1. The molecule has 0 aliphatic carbocycles. The molecule has 0 unspecified atom stereocenters. The molecule has 0 saturated carbocycles. The molecule has 4 nitrogen and oxygen atoms in total.